The molecule has 2 rings (SSSR count). The summed E-state index contributed by atoms with van der Waals surface area (Å²) >= 11 is 0. The Morgan fingerprint density at radius 2 is 1.80 bits per heavy atom. The molecule has 2 heteroatoms. The van der Waals surface area contributed by atoms with Gasteiger partial charge in [0.25, 0.3) is 0 Å². The molecule has 0 heterocycles. The molecule has 0 N–H and O–H groups in total. The van der Waals surface area contributed by atoms with Gasteiger partial charge in [-0.25, -0.2) is 0 Å². The maximum Gasteiger partial charge on any atom is 0.0991 e. The number of hydrogen-bond acceptors (Lipinski definition) is 2. The fourth-order valence-electron chi connectivity index (χ4n) is 3.78. The Labute approximate surface area is 153 Å². The number of ether oxygens (including phenoxy) is 1. The van der Waals surface area contributed by atoms with Crippen LogP contribution in [0.2, 0.25) is 0 Å². The van der Waals surface area contributed by atoms with Crippen LogP contribution in [-0.2, 0) is 4.74 Å². The zero-order valence-corrected chi connectivity index (χ0v) is 15.8. The molecule has 1 fully saturated rings. The highest BCUT2D eigenvalue weighted by atomic mass is 16.5. The van der Waals surface area contributed by atoms with Gasteiger partial charge in [-0.05, 0) is 87.8 Å². The second-order valence-corrected chi connectivity index (χ2v) is 7.27. The molecular weight excluding hydrogens is 306 g/mol. The first-order valence-corrected chi connectivity index (χ1v) is 10.0. The van der Waals surface area contributed by atoms with Gasteiger partial charge >= 0.3 is 0 Å². The zero-order valence-electron chi connectivity index (χ0n) is 15.8. The summed E-state index contributed by atoms with van der Waals surface area (Å²) in [4.78, 5) is 0. The number of nitriles is 1. The van der Waals surface area contributed by atoms with Crippen LogP contribution in [0.5, 0.6) is 0 Å². The Balaban J connectivity index is 1.53. The van der Waals surface area contributed by atoms with E-state index in [9.17, 15) is 0 Å². The van der Waals surface area contributed by atoms with Crippen molar-refractivity contribution in [1.29, 1.82) is 5.26 Å². The van der Waals surface area contributed by atoms with Gasteiger partial charge in [-0.15, -0.1) is 0 Å². The first kappa shape index (κ1) is 19.7. The van der Waals surface area contributed by atoms with E-state index in [0.717, 1.165) is 24.7 Å². The molecule has 1 aromatic rings. The van der Waals surface area contributed by atoms with Crippen molar-refractivity contribution in [2.45, 2.75) is 70.6 Å². The lowest BCUT2D eigenvalue weighted by molar-refractivity contribution is 0.109. The van der Waals surface area contributed by atoms with Crippen molar-refractivity contribution in [1.82, 2.24) is 0 Å². The SMILES string of the molecule is C/C=C/CCCCCOCCC1CCC(c2ccc(C#N)cc2)CC1. The maximum absolute atomic E-state index is 8.89. The molecule has 1 aromatic carbocycles. The second kappa shape index (κ2) is 11.9. The number of unbranched alkanes of at least 4 members (excludes halogenated alkanes) is 3. The first-order valence-electron chi connectivity index (χ1n) is 10.0. The molecule has 0 radical (unpaired) electrons. The second-order valence-electron chi connectivity index (χ2n) is 7.27. The summed E-state index contributed by atoms with van der Waals surface area (Å²) in [5.74, 6) is 1.52. The normalized spacial score (nSPS) is 20.6. The average Bonchev–Trinajstić information content (AvgIpc) is 2.67. The van der Waals surface area contributed by atoms with Gasteiger partial charge < -0.3 is 4.74 Å². The fourth-order valence-corrected chi connectivity index (χ4v) is 3.78. The lowest BCUT2D eigenvalue weighted by atomic mass is 9.77. The molecule has 0 aliphatic heterocycles. The van der Waals surface area contributed by atoms with Crippen LogP contribution >= 0.6 is 0 Å². The van der Waals surface area contributed by atoms with Crippen LogP contribution in [0.15, 0.2) is 36.4 Å². The Kier molecular flexibility index (Phi) is 9.37. The Morgan fingerprint density at radius 3 is 2.48 bits per heavy atom. The molecular formula is C23H33NO. The van der Waals surface area contributed by atoms with Crippen LogP contribution in [0.25, 0.3) is 0 Å². The maximum atomic E-state index is 8.89. The van der Waals surface area contributed by atoms with Gasteiger partial charge in [0.05, 0.1) is 11.6 Å². The quantitative estimate of drug-likeness (QED) is 0.366. The van der Waals surface area contributed by atoms with Gasteiger partial charge in [-0.2, -0.15) is 5.26 Å². The van der Waals surface area contributed by atoms with Crippen molar-refractivity contribution < 1.29 is 4.74 Å². The lowest BCUT2D eigenvalue weighted by Crippen LogP contribution is -2.15. The summed E-state index contributed by atoms with van der Waals surface area (Å²) < 4.78 is 5.83. The minimum Gasteiger partial charge on any atom is -0.381 e. The molecule has 0 bridgehead atoms. The number of rotatable bonds is 10. The molecule has 25 heavy (non-hydrogen) atoms. The minimum atomic E-state index is 0.682. The highest BCUT2D eigenvalue weighted by Gasteiger charge is 2.22. The first-order chi connectivity index (χ1) is 12.3. The van der Waals surface area contributed by atoms with Crippen molar-refractivity contribution in [2.24, 2.45) is 5.92 Å². The van der Waals surface area contributed by atoms with Crippen molar-refractivity contribution in [3.8, 4) is 6.07 Å². The van der Waals surface area contributed by atoms with E-state index >= 15 is 0 Å². The third-order valence-corrected chi connectivity index (χ3v) is 5.42. The summed E-state index contributed by atoms with van der Waals surface area (Å²) in [5.41, 5.74) is 2.17. The average molecular weight is 340 g/mol. The van der Waals surface area contributed by atoms with Gasteiger partial charge in [-0.1, -0.05) is 30.7 Å². The largest absolute Gasteiger partial charge is 0.381 e. The van der Waals surface area contributed by atoms with E-state index in [1.807, 2.05) is 12.1 Å². The number of nitrogens with zero attached hydrogens (tertiary/aromatic N) is 1. The third kappa shape index (κ3) is 7.45. The van der Waals surface area contributed by atoms with E-state index in [1.165, 1.54) is 63.4 Å². The number of benzene rings is 1. The van der Waals surface area contributed by atoms with E-state index in [1.54, 1.807) is 0 Å². The number of allylic oxidation sites excluding steroid dienone is 2. The predicted molar refractivity (Wildman–Crippen MR) is 105 cm³/mol. The summed E-state index contributed by atoms with van der Waals surface area (Å²) in [5, 5.41) is 8.89. The van der Waals surface area contributed by atoms with Crippen LogP contribution in [0.4, 0.5) is 0 Å². The molecule has 0 aromatic heterocycles. The summed E-state index contributed by atoms with van der Waals surface area (Å²) in [6.45, 7) is 3.94. The van der Waals surface area contributed by atoms with E-state index < -0.39 is 0 Å². The molecule has 1 aliphatic carbocycles. The molecule has 0 unspecified atom stereocenters. The molecule has 1 aliphatic rings. The fraction of sp³-hybridized carbons (Fsp3) is 0.609. The van der Waals surface area contributed by atoms with Gasteiger partial charge in [0.15, 0.2) is 0 Å². The Bertz CT molecular complexity index is 532. The minimum absolute atomic E-state index is 0.682. The molecule has 0 spiro atoms. The predicted octanol–water partition coefficient (Wildman–Crippen LogP) is 6.38. The summed E-state index contributed by atoms with van der Waals surface area (Å²) in [7, 11) is 0. The van der Waals surface area contributed by atoms with Crippen LogP contribution in [0.3, 0.4) is 0 Å². The van der Waals surface area contributed by atoms with E-state index in [-0.39, 0.29) is 0 Å². The highest BCUT2D eigenvalue weighted by molar-refractivity contribution is 5.33. The summed E-state index contributed by atoms with van der Waals surface area (Å²) in [6, 6.07) is 10.4. The van der Waals surface area contributed by atoms with Crippen molar-refractivity contribution in [3.05, 3.63) is 47.5 Å². The van der Waals surface area contributed by atoms with Gasteiger partial charge in [-0.3, -0.25) is 0 Å². The molecule has 1 saturated carbocycles. The van der Waals surface area contributed by atoms with Crippen molar-refractivity contribution in [3.63, 3.8) is 0 Å². The third-order valence-electron chi connectivity index (χ3n) is 5.42. The summed E-state index contributed by atoms with van der Waals surface area (Å²) in [6.07, 6.45) is 15.8. The van der Waals surface area contributed by atoms with Crippen molar-refractivity contribution >= 4 is 0 Å². The van der Waals surface area contributed by atoms with Gasteiger partial charge in [0.2, 0.25) is 0 Å². The topological polar surface area (TPSA) is 33.0 Å². The van der Waals surface area contributed by atoms with Crippen molar-refractivity contribution in [2.75, 3.05) is 13.2 Å². The molecule has 136 valence electrons. The smallest absolute Gasteiger partial charge is 0.0991 e. The molecule has 0 amide bonds. The zero-order chi connectivity index (χ0) is 17.7. The Morgan fingerprint density at radius 1 is 1.04 bits per heavy atom. The van der Waals surface area contributed by atoms with Crippen LogP contribution < -0.4 is 0 Å². The van der Waals surface area contributed by atoms with Crippen LogP contribution in [0.1, 0.15) is 81.8 Å². The standard InChI is InChI=1S/C23H33NO/c1-2-3-4-5-6-7-17-25-18-16-20-8-12-22(13-9-20)23-14-10-21(19-24)11-15-23/h2-3,10-11,14-15,20,22H,4-9,12-13,16-18H2,1H3/b3-2+. The molecule has 0 atom stereocenters. The van der Waals surface area contributed by atoms with Crippen LogP contribution in [-0.4, -0.2) is 13.2 Å². The monoisotopic (exact) mass is 339 g/mol. The number of hydrogen-bond donors (Lipinski definition) is 0. The van der Waals surface area contributed by atoms with E-state index in [2.05, 4.69) is 37.3 Å². The molecule has 2 nitrogen and oxygen atoms in total. The van der Waals surface area contributed by atoms with Crippen LogP contribution in [0, 0.1) is 17.2 Å². The van der Waals surface area contributed by atoms with Gasteiger partial charge in [0, 0.05) is 13.2 Å². The highest BCUT2D eigenvalue weighted by Crippen LogP contribution is 2.37. The molecule has 0 saturated heterocycles. The Hall–Kier alpha value is -1.59. The van der Waals surface area contributed by atoms with E-state index in [4.69, 9.17) is 10.00 Å². The van der Waals surface area contributed by atoms with Gasteiger partial charge in [0.1, 0.15) is 0 Å². The lowest BCUT2D eigenvalue weighted by Gasteiger charge is -2.28. The van der Waals surface area contributed by atoms with E-state index in [0.29, 0.717) is 5.92 Å².